The zero-order valence-corrected chi connectivity index (χ0v) is 11.7. The van der Waals surface area contributed by atoms with Crippen LogP contribution in [0.1, 0.15) is 37.2 Å². The molecule has 0 aliphatic carbocycles. The van der Waals surface area contributed by atoms with Crippen molar-refractivity contribution in [1.82, 2.24) is 9.88 Å². The van der Waals surface area contributed by atoms with Gasteiger partial charge in [-0.15, -0.1) is 0 Å². The number of nitrogens with zero attached hydrogens (tertiary/aromatic N) is 1. The van der Waals surface area contributed by atoms with Crippen molar-refractivity contribution in [2.75, 3.05) is 13.2 Å². The average Bonchev–Trinajstić information content (AvgIpc) is 2.75. The summed E-state index contributed by atoms with van der Waals surface area (Å²) in [4.78, 5) is 12.0. The molecule has 4 nitrogen and oxygen atoms in total. The molecule has 0 aliphatic rings. The van der Waals surface area contributed by atoms with Crippen LogP contribution in [0.25, 0.3) is 0 Å². The third-order valence-electron chi connectivity index (χ3n) is 3.10. The number of hydrogen-bond acceptors (Lipinski definition) is 2. The number of hydrogen-bond donors (Lipinski definition) is 2. The van der Waals surface area contributed by atoms with Crippen LogP contribution in [0.2, 0.25) is 5.02 Å². The van der Waals surface area contributed by atoms with Crippen molar-refractivity contribution in [1.29, 1.82) is 0 Å². The first kappa shape index (κ1) is 15.1. The lowest BCUT2D eigenvalue weighted by molar-refractivity contribution is 0.0934. The topological polar surface area (TPSA) is 54.3 Å². The highest BCUT2D eigenvalue weighted by Crippen LogP contribution is 2.14. The van der Waals surface area contributed by atoms with Gasteiger partial charge in [0.15, 0.2) is 0 Å². The Kier molecular flexibility index (Phi) is 6.22. The van der Waals surface area contributed by atoms with Gasteiger partial charge in [-0.1, -0.05) is 24.9 Å². The number of halogens is 1. The molecule has 1 rings (SSSR count). The van der Waals surface area contributed by atoms with Crippen LogP contribution in [0.15, 0.2) is 12.3 Å². The monoisotopic (exact) mass is 272 g/mol. The zero-order valence-electron chi connectivity index (χ0n) is 10.9. The van der Waals surface area contributed by atoms with Crippen LogP contribution >= 0.6 is 11.6 Å². The van der Waals surface area contributed by atoms with E-state index in [4.69, 9.17) is 16.7 Å². The summed E-state index contributed by atoms with van der Waals surface area (Å²) in [5.74, 6) is 0.208. The fraction of sp³-hybridized carbons (Fsp3) is 0.615. The average molecular weight is 273 g/mol. The number of aliphatic hydroxyl groups is 1. The number of aliphatic hydroxyl groups excluding tert-OH is 1. The van der Waals surface area contributed by atoms with Crippen LogP contribution in [0.3, 0.4) is 0 Å². The van der Waals surface area contributed by atoms with Crippen LogP contribution in [0.4, 0.5) is 0 Å². The van der Waals surface area contributed by atoms with E-state index in [0.29, 0.717) is 36.1 Å². The van der Waals surface area contributed by atoms with E-state index in [1.54, 1.807) is 12.3 Å². The van der Waals surface area contributed by atoms with Gasteiger partial charge in [-0.3, -0.25) is 4.79 Å². The number of rotatable bonds is 7. The second-order valence-electron chi connectivity index (χ2n) is 4.33. The Balaban J connectivity index is 2.59. The summed E-state index contributed by atoms with van der Waals surface area (Å²) in [6, 6.07) is 1.67. The SMILES string of the molecule is CCC(CCO)CNC(=O)c1cc(Cl)cn1CC. The maximum Gasteiger partial charge on any atom is 0.267 e. The van der Waals surface area contributed by atoms with Crippen molar-refractivity contribution in [2.24, 2.45) is 5.92 Å². The van der Waals surface area contributed by atoms with Gasteiger partial charge >= 0.3 is 0 Å². The lowest BCUT2D eigenvalue weighted by Gasteiger charge is -2.14. The molecular formula is C13H21ClN2O2. The lowest BCUT2D eigenvalue weighted by atomic mass is 10.0. The largest absolute Gasteiger partial charge is 0.396 e. The molecule has 0 saturated heterocycles. The fourth-order valence-electron chi connectivity index (χ4n) is 1.89. The molecule has 2 N–H and O–H groups in total. The number of aromatic nitrogens is 1. The summed E-state index contributed by atoms with van der Waals surface area (Å²) < 4.78 is 1.82. The maximum absolute atomic E-state index is 12.0. The van der Waals surface area contributed by atoms with Gasteiger partial charge in [-0.2, -0.15) is 0 Å². The van der Waals surface area contributed by atoms with Crippen molar-refractivity contribution in [3.63, 3.8) is 0 Å². The van der Waals surface area contributed by atoms with Crippen molar-refractivity contribution in [3.05, 3.63) is 23.0 Å². The molecular weight excluding hydrogens is 252 g/mol. The molecule has 0 aromatic carbocycles. The van der Waals surface area contributed by atoms with Crippen LogP contribution < -0.4 is 5.32 Å². The van der Waals surface area contributed by atoms with E-state index in [0.717, 1.165) is 6.42 Å². The van der Waals surface area contributed by atoms with E-state index < -0.39 is 0 Å². The molecule has 1 heterocycles. The molecule has 102 valence electrons. The quantitative estimate of drug-likeness (QED) is 0.800. The highest BCUT2D eigenvalue weighted by molar-refractivity contribution is 6.31. The normalized spacial score (nSPS) is 12.4. The summed E-state index contributed by atoms with van der Waals surface area (Å²) in [6.07, 6.45) is 3.41. The van der Waals surface area contributed by atoms with Crippen LogP contribution in [-0.4, -0.2) is 28.7 Å². The first-order valence-electron chi connectivity index (χ1n) is 6.37. The van der Waals surface area contributed by atoms with E-state index in [1.807, 2.05) is 11.5 Å². The van der Waals surface area contributed by atoms with Crippen LogP contribution in [0.5, 0.6) is 0 Å². The first-order chi connectivity index (χ1) is 8.62. The molecule has 0 saturated carbocycles. The summed E-state index contributed by atoms with van der Waals surface area (Å²) in [5, 5.41) is 12.4. The molecule has 1 atom stereocenters. The smallest absolute Gasteiger partial charge is 0.267 e. The van der Waals surface area contributed by atoms with Gasteiger partial charge in [0.25, 0.3) is 5.91 Å². The number of nitrogens with one attached hydrogen (secondary N) is 1. The van der Waals surface area contributed by atoms with Crippen molar-refractivity contribution >= 4 is 17.5 Å². The molecule has 18 heavy (non-hydrogen) atoms. The highest BCUT2D eigenvalue weighted by Gasteiger charge is 2.14. The van der Waals surface area contributed by atoms with Crippen LogP contribution in [-0.2, 0) is 6.54 Å². The Hall–Kier alpha value is -1.00. The Bertz CT molecular complexity index is 390. The minimum atomic E-state index is -0.111. The third kappa shape index (κ3) is 4.03. The summed E-state index contributed by atoms with van der Waals surface area (Å²) >= 11 is 5.89. The molecule has 1 unspecified atom stereocenters. The number of amides is 1. The van der Waals surface area contributed by atoms with Gasteiger partial charge < -0.3 is 15.0 Å². The standard InChI is InChI=1S/C13H21ClN2O2/c1-3-10(5-6-17)8-15-13(18)12-7-11(14)9-16(12)4-2/h7,9-10,17H,3-6,8H2,1-2H3,(H,15,18). The lowest BCUT2D eigenvalue weighted by Crippen LogP contribution is -2.31. The zero-order chi connectivity index (χ0) is 13.5. The second kappa shape index (κ2) is 7.44. The Labute approximate surface area is 113 Å². The van der Waals surface area contributed by atoms with E-state index in [1.165, 1.54) is 0 Å². The summed E-state index contributed by atoms with van der Waals surface area (Å²) in [5.41, 5.74) is 0.585. The Morgan fingerprint density at radius 3 is 2.83 bits per heavy atom. The van der Waals surface area contributed by atoms with E-state index in [-0.39, 0.29) is 12.5 Å². The summed E-state index contributed by atoms with van der Waals surface area (Å²) in [6.45, 7) is 5.48. The molecule has 1 aromatic heterocycles. The van der Waals surface area contributed by atoms with Gasteiger partial charge in [0.05, 0.1) is 5.02 Å². The molecule has 1 amide bonds. The van der Waals surface area contributed by atoms with E-state index in [9.17, 15) is 4.79 Å². The van der Waals surface area contributed by atoms with E-state index in [2.05, 4.69) is 12.2 Å². The molecule has 1 aromatic rings. The van der Waals surface area contributed by atoms with Crippen molar-refractivity contribution < 1.29 is 9.90 Å². The van der Waals surface area contributed by atoms with Gasteiger partial charge in [0.2, 0.25) is 0 Å². The molecule has 5 heteroatoms. The minimum Gasteiger partial charge on any atom is -0.396 e. The van der Waals surface area contributed by atoms with Gasteiger partial charge in [-0.25, -0.2) is 0 Å². The minimum absolute atomic E-state index is 0.111. The highest BCUT2D eigenvalue weighted by atomic mass is 35.5. The molecule has 0 radical (unpaired) electrons. The summed E-state index contributed by atoms with van der Waals surface area (Å²) in [7, 11) is 0. The second-order valence-corrected chi connectivity index (χ2v) is 4.76. The predicted molar refractivity (Wildman–Crippen MR) is 72.9 cm³/mol. The molecule has 0 fully saturated rings. The van der Waals surface area contributed by atoms with Gasteiger partial charge in [0.1, 0.15) is 5.69 Å². The molecule has 0 aliphatic heterocycles. The van der Waals surface area contributed by atoms with Crippen LogP contribution in [0, 0.1) is 5.92 Å². The van der Waals surface area contributed by atoms with Crippen molar-refractivity contribution in [2.45, 2.75) is 33.2 Å². The van der Waals surface area contributed by atoms with Gasteiger partial charge in [-0.05, 0) is 25.3 Å². The third-order valence-corrected chi connectivity index (χ3v) is 3.31. The number of carbonyl (C=O) groups excluding carboxylic acids is 1. The predicted octanol–water partition coefficient (Wildman–Crippen LogP) is 2.30. The first-order valence-corrected chi connectivity index (χ1v) is 6.74. The maximum atomic E-state index is 12.0. The number of carbonyl (C=O) groups is 1. The van der Waals surface area contributed by atoms with E-state index >= 15 is 0 Å². The molecule has 0 spiro atoms. The fourth-order valence-corrected chi connectivity index (χ4v) is 2.11. The molecule has 0 bridgehead atoms. The Morgan fingerprint density at radius 2 is 2.28 bits per heavy atom. The van der Waals surface area contributed by atoms with Gasteiger partial charge in [0, 0.05) is 25.9 Å². The van der Waals surface area contributed by atoms with Crippen molar-refractivity contribution in [3.8, 4) is 0 Å². The number of aryl methyl sites for hydroxylation is 1. The Morgan fingerprint density at radius 1 is 1.56 bits per heavy atom.